The summed E-state index contributed by atoms with van der Waals surface area (Å²) < 4.78 is 1.36. The molecule has 2 atom stereocenters. The van der Waals surface area contributed by atoms with Crippen LogP contribution in [0, 0.1) is 6.92 Å². The Labute approximate surface area is 127 Å². The number of thiophene rings is 1. The van der Waals surface area contributed by atoms with Crippen molar-refractivity contribution in [2.24, 2.45) is 0 Å². The first-order valence-electron chi connectivity index (χ1n) is 6.80. The molecule has 0 fully saturated rings. The van der Waals surface area contributed by atoms with Crippen LogP contribution < -0.4 is 5.32 Å². The Kier molecular flexibility index (Phi) is 3.87. The molecule has 1 N–H and O–H groups in total. The standard InChI is InChI=1S/C16H18N2S2/c1-10-9-19-16(17-10)12(3)18-11(2)15-8-13-6-4-5-7-14(13)20-15/h4-9,11-12,18H,1-3H3. The van der Waals surface area contributed by atoms with Crippen molar-refractivity contribution in [2.45, 2.75) is 32.9 Å². The van der Waals surface area contributed by atoms with Gasteiger partial charge in [0.25, 0.3) is 0 Å². The maximum Gasteiger partial charge on any atom is 0.110 e. The summed E-state index contributed by atoms with van der Waals surface area (Å²) in [7, 11) is 0. The Morgan fingerprint density at radius 3 is 2.65 bits per heavy atom. The van der Waals surface area contributed by atoms with Crippen molar-refractivity contribution < 1.29 is 0 Å². The number of thiazole rings is 1. The molecule has 0 amide bonds. The lowest BCUT2D eigenvalue weighted by Crippen LogP contribution is -2.21. The number of nitrogens with one attached hydrogen (secondary N) is 1. The van der Waals surface area contributed by atoms with Crippen LogP contribution in [0.15, 0.2) is 35.7 Å². The molecule has 0 aliphatic rings. The summed E-state index contributed by atoms with van der Waals surface area (Å²) in [6.07, 6.45) is 0. The van der Waals surface area contributed by atoms with Gasteiger partial charge in [-0.25, -0.2) is 4.98 Å². The van der Waals surface area contributed by atoms with E-state index in [1.165, 1.54) is 15.0 Å². The Hall–Kier alpha value is -1.23. The summed E-state index contributed by atoms with van der Waals surface area (Å²) in [5.41, 5.74) is 1.10. The van der Waals surface area contributed by atoms with Crippen molar-refractivity contribution >= 4 is 32.8 Å². The van der Waals surface area contributed by atoms with Crippen molar-refractivity contribution in [3.05, 3.63) is 51.3 Å². The first-order chi connectivity index (χ1) is 9.63. The van der Waals surface area contributed by atoms with Crippen LogP contribution in [0.25, 0.3) is 10.1 Å². The van der Waals surface area contributed by atoms with Crippen molar-refractivity contribution in [2.75, 3.05) is 0 Å². The quantitative estimate of drug-likeness (QED) is 0.727. The lowest BCUT2D eigenvalue weighted by Gasteiger charge is -2.17. The van der Waals surface area contributed by atoms with E-state index in [1.54, 1.807) is 11.3 Å². The smallest absolute Gasteiger partial charge is 0.110 e. The monoisotopic (exact) mass is 302 g/mol. The Morgan fingerprint density at radius 2 is 1.95 bits per heavy atom. The van der Waals surface area contributed by atoms with E-state index in [9.17, 15) is 0 Å². The van der Waals surface area contributed by atoms with E-state index in [4.69, 9.17) is 0 Å². The fraction of sp³-hybridized carbons (Fsp3) is 0.312. The largest absolute Gasteiger partial charge is 0.301 e. The highest BCUT2D eigenvalue weighted by atomic mass is 32.1. The van der Waals surface area contributed by atoms with Crippen molar-refractivity contribution in [3.63, 3.8) is 0 Å². The maximum atomic E-state index is 4.56. The van der Waals surface area contributed by atoms with Crippen LogP contribution in [0.3, 0.4) is 0 Å². The van der Waals surface area contributed by atoms with Gasteiger partial charge in [-0.15, -0.1) is 22.7 Å². The summed E-state index contributed by atoms with van der Waals surface area (Å²) in [4.78, 5) is 5.94. The Balaban J connectivity index is 1.76. The van der Waals surface area contributed by atoms with E-state index in [1.807, 2.05) is 18.3 Å². The minimum absolute atomic E-state index is 0.286. The van der Waals surface area contributed by atoms with E-state index in [0.717, 1.165) is 10.7 Å². The number of rotatable bonds is 4. The summed E-state index contributed by atoms with van der Waals surface area (Å²) in [6, 6.07) is 11.5. The fourth-order valence-corrected chi connectivity index (χ4v) is 4.20. The van der Waals surface area contributed by atoms with Gasteiger partial charge in [0.1, 0.15) is 5.01 Å². The van der Waals surface area contributed by atoms with Crippen molar-refractivity contribution in [1.82, 2.24) is 10.3 Å². The molecule has 0 saturated carbocycles. The minimum Gasteiger partial charge on any atom is -0.301 e. The van der Waals surface area contributed by atoms with Crippen LogP contribution in [0.5, 0.6) is 0 Å². The molecule has 3 aromatic rings. The van der Waals surface area contributed by atoms with Crippen molar-refractivity contribution in [1.29, 1.82) is 0 Å². The Morgan fingerprint density at radius 1 is 1.15 bits per heavy atom. The average molecular weight is 302 g/mol. The molecular formula is C16H18N2S2. The molecule has 0 spiro atoms. The van der Waals surface area contributed by atoms with E-state index in [-0.39, 0.29) is 6.04 Å². The van der Waals surface area contributed by atoms with Gasteiger partial charge in [-0.05, 0) is 38.3 Å². The number of fused-ring (bicyclic) bond motifs is 1. The van der Waals surface area contributed by atoms with Crippen LogP contribution in [0.2, 0.25) is 0 Å². The molecule has 0 aliphatic heterocycles. The van der Waals surface area contributed by atoms with Gasteiger partial charge in [-0.2, -0.15) is 0 Å². The lowest BCUT2D eigenvalue weighted by atomic mass is 10.2. The van der Waals surface area contributed by atoms with Gasteiger partial charge in [0.2, 0.25) is 0 Å². The molecular weight excluding hydrogens is 284 g/mol. The molecule has 0 radical (unpaired) electrons. The molecule has 104 valence electrons. The predicted molar refractivity (Wildman–Crippen MR) is 88.6 cm³/mol. The highest BCUT2D eigenvalue weighted by Gasteiger charge is 2.15. The molecule has 2 nitrogen and oxygen atoms in total. The van der Waals surface area contributed by atoms with Gasteiger partial charge < -0.3 is 5.32 Å². The summed E-state index contributed by atoms with van der Waals surface area (Å²) >= 11 is 3.60. The van der Waals surface area contributed by atoms with Gasteiger partial charge in [0.05, 0.1) is 6.04 Å². The Bertz CT molecular complexity index is 681. The van der Waals surface area contributed by atoms with Crippen LogP contribution in [-0.2, 0) is 0 Å². The van der Waals surface area contributed by atoms with Crippen LogP contribution in [-0.4, -0.2) is 4.98 Å². The van der Waals surface area contributed by atoms with E-state index in [0.29, 0.717) is 6.04 Å². The molecule has 2 unspecified atom stereocenters. The average Bonchev–Trinajstić information content (AvgIpc) is 3.04. The van der Waals surface area contributed by atoms with E-state index in [2.05, 4.69) is 59.9 Å². The van der Waals surface area contributed by atoms with Crippen LogP contribution in [0.4, 0.5) is 0 Å². The number of aromatic nitrogens is 1. The molecule has 2 aromatic heterocycles. The summed E-state index contributed by atoms with van der Waals surface area (Å²) in [6.45, 7) is 6.45. The molecule has 0 aliphatic carbocycles. The fourth-order valence-electron chi connectivity index (χ4n) is 2.32. The molecule has 4 heteroatoms. The van der Waals surface area contributed by atoms with Gasteiger partial charge in [-0.3, -0.25) is 0 Å². The van der Waals surface area contributed by atoms with Gasteiger partial charge >= 0.3 is 0 Å². The zero-order valence-electron chi connectivity index (χ0n) is 11.9. The summed E-state index contributed by atoms with van der Waals surface area (Å²) in [5, 5.41) is 8.25. The van der Waals surface area contributed by atoms with E-state index < -0.39 is 0 Å². The predicted octanol–water partition coefficient (Wildman–Crippen LogP) is 5.08. The molecule has 2 heterocycles. The van der Waals surface area contributed by atoms with E-state index >= 15 is 0 Å². The number of aryl methyl sites for hydroxylation is 1. The minimum atomic E-state index is 0.286. The second-order valence-corrected chi connectivity index (χ2v) is 7.13. The van der Waals surface area contributed by atoms with Gasteiger partial charge in [0, 0.05) is 26.7 Å². The SMILES string of the molecule is Cc1csc(C(C)NC(C)c2cc3ccccc3s2)n1. The number of hydrogen-bond donors (Lipinski definition) is 1. The van der Waals surface area contributed by atoms with Crippen molar-refractivity contribution in [3.8, 4) is 0 Å². The molecule has 0 bridgehead atoms. The third kappa shape index (κ3) is 2.77. The second-order valence-electron chi connectivity index (χ2n) is 5.12. The third-order valence-electron chi connectivity index (χ3n) is 3.38. The van der Waals surface area contributed by atoms with Gasteiger partial charge in [-0.1, -0.05) is 18.2 Å². The highest BCUT2D eigenvalue weighted by Crippen LogP contribution is 2.31. The van der Waals surface area contributed by atoms with Crippen LogP contribution in [0.1, 0.15) is 41.5 Å². The normalized spacial score (nSPS) is 14.6. The molecule has 3 rings (SSSR count). The second kappa shape index (κ2) is 5.64. The topological polar surface area (TPSA) is 24.9 Å². The highest BCUT2D eigenvalue weighted by molar-refractivity contribution is 7.19. The van der Waals surface area contributed by atoms with Crippen LogP contribution >= 0.6 is 22.7 Å². The maximum absolute atomic E-state index is 4.56. The number of benzene rings is 1. The zero-order chi connectivity index (χ0) is 14.1. The first kappa shape index (κ1) is 13.7. The summed E-state index contributed by atoms with van der Waals surface area (Å²) in [5.74, 6) is 0. The molecule has 20 heavy (non-hydrogen) atoms. The zero-order valence-corrected chi connectivity index (χ0v) is 13.5. The number of nitrogens with zero attached hydrogens (tertiary/aromatic N) is 1. The number of hydrogen-bond acceptors (Lipinski definition) is 4. The first-order valence-corrected chi connectivity index (χ1v) is 8.49. The molecule has 0 saturated heterocycles. The molecule has 1 aromatic carbocycles. The lowest BCUT2D eigenvalue weighted by molar-refractivity contribution is 0.498. The third-order valence-corrected chi connectivity index (χ3v) is 5.82. The van der Waals surface area contributed by atoms with Gasteiger partial charge in [0.15, 0.2) is 0 Å².